The Morgan fingerprint density at radius 2 is 1.75 bits per heavy atom. The van der Waals surface area contributed by atoms with Crippen molar-refractivity contribution in [2.24, 2.45) is 0 Å². The Bertz CT molecular complexity index is 28.9. The lowest BCUT2D eigenvalue weighted by Gasteiger charge is -1.80. The van der Waals surface area contributed by atoms with Crippen LogP contribution in [0.15, 0.2) is 0 Å². The zero-order chi connectivity index (χ0) is 6.99. The van der Waals surface area contributed by atoms with E-state index < -0.39 is 0 Å². The highest BCUT2D eigenvalue weighted by atomic mass is 35.5. The van der Waals surface area contributed by atoms with Crippen molar-refractivity contribution in [1.82, 2.24) is 5.32 Å². The van der Waals surface area contributed by atoms with Gasteiger partial charge in [-0.1, -0.05) is 0 Å². The van der Waals surface area contributed by atoms with Crippen LogP contribution in [0.1, 0.15) is 13.8 Å². The minimum atomic E-state index is -0.167. The molecule has 8 heavy (non-hydrogen) atoms. The molecule has 0 aliphatic carbocycles. The van der Waals surface area contributed by atoms with Gasteiger partial charge in [-0.15, -0.1) is 11.6 Å². The average Bonchev–Trinajstić information content (AvgIpc) is 1.65. The van der Waals surface area contributed by atoms with Gasteiger partial charge in [0, 0.05) is 6.10 Å². The fraction of sp³-hybridized carbons (Fsp3) is 1.00. The molecule has 0 aliphatic rings. The van der Waals surface area contributed by atoms with Crippen molar-refractivity contribution < 1.29 is 5.11 Å². The molecule has 3 heteroatoms. The molecule has 0 saturated heterocycles. The molecule has 0 fully saturated rings. The zero-order valence-corrected chi connectivity index (χ0v) is 6.37. The Labute approximate surface area is 55.9 Å². The highest BCUT2D eigenvalue weighted by Gasteiger charge is 1.69. The molecular formula is C5H14ClNO. The van der Waals surface area contributed by atoms with Gasteiger partial charge < -0.3 is 10.4 Å². The molecule has 0 heterocycles. The number of alkyl halides is 1. The van der Waals surface area contributed by atoms with Crippen molar-refractivity contribution in [1.29, 1.82) is 0 Å². The molecule has 0 atom stereocenters. The molecule has 0 aromatic rings. The first kappa shape index (κ1) is 11.1. The third kappa shape index (κ3) is 115. The summed E-state index contributed by atoms with van der Waals surface area (Å²) < 4.78 is 0. The smallest absolute Gasteiger partial charge is 0.0710 e. The summed E-state index contributed by atoms with van der Waals surface area (Å²) in [5, 5.41) is 10.8. The van der Waals surface area contributed by atoms with E-state index in [1.807, 2.05) is 0 Å². The van der Waals surface area contributed by atoms with Gasteiger partial charge in [0.05, 0.1) is 6.00 Å². The van der Waals surface area contributed by atoms with E-state index in [1.54, 1.807) is 20.9 Å². The van der Waals surface area contributed by atoms with Crippen molar-refractivity contribution >= 4 is 11.6 Å². The van der Waals surface area contributed by atoms with E-state index in [1.165, 1.54) is 0 Å². The summed E-state index contributed by atoms with van der Waals surface area (Å²) in [5.41, 5.74) is 0. The number of hydrogen-bond donors (Lipinski definition) is 2. The molecule has 2 nitrogen and oxygen atoms in total. The molecule has 0 unspecified atom stereocenters. The highest BCUT2D eigenvalue weighted by Crippen LogP contribution is 1.65. The Morgan fingerprint density at radius 1 is 1.62 bits per heavy atom. The molecule has 0 amide bonds. The number of halogens is 1. The van der Waals surface area contributed by atoms with Gasteiger partial charge in [0.1, 0.15) is 0 Å². The average molecular weight is 140 g/mol. The lowest BCUT2D eigenvalue weighted by atomic mass is 10.5. The topological polar surface area (TPSA) is 32.3 Å². The summed E-state index contributed by atoms with van der Waals surface area (Å²) in [7, 11) is 1.80. The number of aliphatic hydroxyl groups excluding tert-OH is 1. The second-order valence-corrected chi connectivity index (χ2v) is 1.85. The maximum atomic E-state index is 8.06. The first-order valence-electron chi connectivity index (χ1n) is 2.53. The molecule has 52 valence electrons. The number of rotatable bonds is 1. The predicted molar refractivity (Wildman–Crippen MR) is 37.1 cm³/mol. The predicted octanol–water partition coefficient (Wildman–Crippen LogP) is 0.789. The summed E-state index contributed by atoms with van der Waals surface area (Å²) in [4.78, 5) is 0. The molecule has 0 aromatic heterocycles. The van der Waals surface area contributed by atoms with Gasteiger partial charge in [-0.05, 0) is 20.9 Å². The standard InChI is InChI=1S/C3H8O.C2H6ClN/c1-3(2)4;1-4-2-3/h3-4H,1-2H3;4H,2H2,1H3. The van der Waals surface area contributed by atoms with Crippen LogP contribution in [0.3, 0.4) is 0 Å². The van der Waals surface area contributed by atoms with Crippen LogP contribution >= 0.6 is 11.6 Å². The van der Waals surface area contributed by atoms with E-state index in [4.69, 9.17) is 16.7 Å². The molecule has 2 N–H and O–H groups in total. The van der Waals surface area contributed by atoms with E-state index in [0.29, 0.717) is 6.00 Å². The third-order valence-corrected chi connectivity index (χ3v) is 0.401. The molecular weight excluding hydrogens is 126 g/mol. The van der Waals surface area contributed by atoms with Crippen molar-refractivity contribution in [3.63, 3.8) is 0 Å². The van der Waals surface area contributed by atoms with E-state index in [-0.39, 0.29) is 6.10 Å². The van der Waals surface area contributed by atoms with Crippen molar-refractivity contribution in [2.75, 3.05) is 13.1 Å². The lowest BCUT2D eigenvalue weighted by molar-refractivity contribution is 0.216. The molecule has 0 bridgehead atoms. The van der Waals surface area contributed by atoms with Crippen molar-refractivity contribution in [3.8, 4) is 0 Å². The Hall–Kier alpha value is 0.210. The van der Waals surface area contributed by atoms with Crippen LogP contribution in [0.4, 0.5) is 0 Å². The van der Waals surface area contributed by atoms with E-state index in [2.05, 4.69) is 5.32 Å². The van der Waals surface area contributed by atoms with Crippen LogP contribution in [0.5, 0.6) is 0 Å². The zero-order valence-electron chi connectivity index (χ0n) is 5.61. The van der Waals surface area contributed by atoms with E-state index in [9.17, 15) is 0 Å². The van der Waals surface area contributed by atoms with Gasteiger partial charge in [-0.2, -0.15) is 0 Å². The van der Waals surface area contributed by atoms with Crippen LogP contribution in [-0.2, 0) is 0 Å². The van der Waals surface area contributed by atoms with Crippen LogP contribution in [0, 0.1) is 0 Å². The van der Waals surface area contributed by atoms with Gasteiger partial charge >= 0.3 is 0 Å². The van der Waals surface area contributed by atoms with Crippen molar-refractivity contribution in [3.05, 3.63) is 0 Å². The molecule has 0 saturated carbocycles. The maximum absolute atomic E-state index is 8.06. The van der Waals surface area contributed by atoms with E-state index >= 15 is 0 Å². The van der Waals surface area contributed by atoms with Crippen molar-refractivity contribution in [2.45, 2.75) is 20.0 Å². The summed E-state index contributed by atoms with van der Waals surface area (Å²) >= 11 is 5.07. The largest absolute Gasteiger partial charge is 0.394 e. The molecule has 0 aliphatic heterocycles. The fourth-order valence-corrected chi connectivity index (χ4v) is 0. The highest BCUT2D eigenvalue weighted by molar-refractivity contribution is 6.17. The quantitative estimate of drug-likeness (QED) is 0.416. The maximum Gasteiger partial charge on any atom is 0.0710 e. The Morgan fingerprint density at radius 3 is 1.75 bits per heavy atom. The summed E-state index contributed by atoms with van der Waals surface area (Å²) in [6, 6.07) is 0.542. The Balaban J connectivity index is 0. The SMILES string of the molecule is CC(C)O.CNCCl. The normalized spacial score (nSPS) is 8.25. The van der Waals surface area contributed by atoms with Gasteiger partial charge in [0.25, 0.3) is 0 Å². The second kappa shape index (κ2) is 10.2. The first-order chi connectivity index (χ1) is 3.65. The fourth-order valence-electron chi connectivity index (χ4n) is 0. The Kier molecular flexibility index (Phi) is 14.2. The van der Waals surface area contributed by atoms with E-state index in [0.717, 1.165) is 0 Å². The van der Waals surface area contributed by atoms with Gasteiger partial charge in [-0.25, -0.2) is 0 Å². The van der Waals surface area contributed by atoms with Gasteiger partial charge in [0.15, 0.2) is 0 Å². The van der Waals surface area contributed by atoms with Crippen LogP contribution in [0.25, 0.3) is 0 Å². The minimum absolute atomic E-state index is 0.167. The molecule has 0 radical (unpaired) electrons. The van der Waals surface area contributed by atoms with Crippen LogP contribution in [0.2, 0.25) is 0 Å². The second-order valence-electron chi connectivity index (χ2n) is 1.58. The van der Waals surface area contributed by atoms with Crippen LogP contribution in [-0.4, -0.2) is 24.3 Å². The van der Waals surface area contributed by atoms with Gasteiger partial charge in [0.2, 0.25) is 0 Å². The van der Waals surface area contributed by atoms with Gasteiger partial charge in [-0.3, -0.25) is 0 Å². The minimum Gasteiger partial charge on any atom is -0.394 e. The summed E-state index contributed by atoms with van der Waals surface area (Å²) in [5.74, 6) is 0. The third-order valence-electron chi connectivity index (χ3n) is 0.134. The van der Waals surface area contributed by atoms with Crippen LogP contribution < -0.4 is 5.32 Å². The summed E-state index contributed by atoms with van der Waals surface area (Å²) in [6.07, 6.45) is -0.167. The monoisotopic (exact) mass is 139 g/mol. The molecule has 0 spiro atoms. The molecule has 0 rings (SSSR count). The summed E-state index contributed by atoms with van der Waals surface area (Å²) in [6.45, 7) is 3.44. The number of nitrogens with one attached hydrogen (secondary N) is 1. The molecule has 0 aromatic carbocycles. The number of aliphatic hydroxyl groups is 1. The number of hydrogen-bond acceptors (Lipinski definition) is 2. The first-order valence-corrected chi connectivity index (χ1v) is 3.07. The lowest BCUT2D eigenvalue weighted by Crippen LogP contribution is -1.98.